The van der Waals surface area contributed by atoms with Gasteiger partial charge < -0.3 is 16.2 Å². The van der Waals surface area contributed by atoms with Crippen molar-refractivity contribution in [3.63, 3.8) is 0 Å². The van der Waals surface area contributed by atoms with E-state index in [1.807, 2.05) is 0 Å². The lowest BCUT2D eigenvalue weighted by Crippen LogP contribution is -2.12. The number of hydrogen-bond acceptors (Lipinski definition) is 5. The number of carbonyl (C=O) groups excluding carboxylic acids is 1. The Morgan fingerprint density at radius 2 is 2.12 bits per heavy atom. The molecule has 5 nitrogen and oxygen atoms in total. The van der Waals surface area contributed by atoms with Crippen LogP contribution in [0, 0.1) is 0 Å². The van der Waals surface area contributed by atoms with Gasteiger partial charge in [-0.1, -0.05) is 0 Å². The quantitative estimate of drug-likeness (QED) is 0.780. The van der Waals surface area contributed by atoms with Crippen molar-refractivity contribution in [2.45, 2.75) is 19.8 Å². The van der Waals surface area contributed by atoms with Gasteiger partial charge in [-0.2, -0.15) is 0 Å². The Morgan fingerprint density at radius 3 is 2.65 bits per heavy atom. The van der Waals surface area contributed by atoms with Gasteiger partial charge in [-0.05, 0) is 6.92 Å². The number of halogens is 2. The third kappa shape index (κ3) is 3.02. The fourth-order valence-corrected chi connectivity index (χ4v) is 1.28. The van der Waals surface area contributed by atoms with E-state index in [-0.39, 0.29) is 30.0 Å². The predicted molar refractivity (Wildman–Crippen MR) is 58.4 cm³/mol. The van der Waals surface area contributed by atoms with Gasteiger partial charge in [-0.15, -0.1) is 0 Å². The number of rotatable bonds is 4. The highest BCUT2D eigenvalue weighted by Crippen LogP contribution is 2.29. The van der Waals surface area contributed by atoms with Crippen LogP contribution in [0.15, 0.2) is 6.20 Å². The van der Waals surface area contributed by atoms with E-state index in [9.17, 15) is 13.6 Å². The van der Waals surface area contributed by atoms with Crippen molar-refractivity contribution < 1.29 is 18.3 Å². The molecule has 0 unspecified atom stereocenters. The van der Waals surface area contributed by atoms with Gasteiger partial charge >= 0.3 is 5.97 Å². The number of alkyl halides is 2. The molecule has 0 spiro atoms. The molecule has 94 valence electrons. The number of aromatic nitrogens is 1. The van der Waals surface area contributed by atoms with Crippen molar-refractivity contribution in [2.75, 3.05) is 18.1 Å². The molecule has 0 saturated carbocycles. The van der Waals surface area contributed by atoms with Crippen molar-refractivity contribution in [3.8, 4) is 0 Å². The molecule has 0 aromatic carbocycles. The molecule has 7 heteroatoms. The molecule has 17 heavy (non-hydrogen) atoms. The lowest BCUT2D eigenvalue weighted by atomic mass is 10.1. The van der Waals surface area contributed by atoms with Gasteiger partial charge in [0.25, 0.3) is 6.43 Å². The number of anilines is 2. The molecule has 0 amide bonds. The summed E-state index contributed by atoms with van der Waals surface area (Å²) in [6.07, 6.45) is -1.82. The smallest absolute Gasteiger partial charge is 0.310 e. The van der Waals surface area contributed by atoms with Gasteiger partial charge in [0.15, 0.2) is 0 Å². The minimum absolute atomic E-state index is 0.0525. The number of ether oxygens (including phenoxy) is 1. The molecule has 1 aromatic rings. The molecule has 1 aromatic heterocycles. The zero-order valence-corrected chi connectivity index (χ0v) is 9.24. The fraction of sp³-hybridized carbons (Fsp3) is 0.400. The van der Waals surface area contributed by atoms with Crippen LogP contribution in [0.25, 0.3) is 0 Å². The summed E-state index contributed by atoms with van der Waals surface area (Å²) in [5.74, 6) is -0.509. The van der Waals surface area contributed by atoms with Crippen LogP contribution in [0.4, 0.5) is 20.2 Å². The second-order valence-corrected chi connectivity index (χ2v) is 3.28. The van der Waals surface area contributed by atoms with E-state index in [0.717, 1.165) is 6.20 Å². The second kappa shape index (κ2) is 5.42. The second-order valence-electron chi connectivity index (χ2n) is 3.28. The maximum absolute atomic E-state index is 12.4. The van der Waals surface area contributed by atoms with Crippen LogP contribution in [-0.2, 0) is 16.0 Å². The molecule has 0 aliphatic rings. The highest BCUT2D eigenvalue weighted by atomic mass is 19.3. The van der Waals surface area contributed by atoms with E-state index in [1.54, 1.807) is 6.92 Å². The monoisotopic (exact) mass is 245 g/mol. The molecule has 0 bridgehead atoms. The Kier molecular flexibility index (Phi) is 4.19. The van der Waals surface area contributed by atoms with Gasteiger partial charge in [0.05, 0.1) is 24.4 Å². The lowest BCUT2D eigenvalue weighted by molar-refractivity contribution is -0.142. The summed E-state index contributed by atoms with van der Waals surface area (Å²) in [6.45, 7) is 1.89. The molecule has 0 aliphatic carbocycles. The molecular formula is C10H13F2N3O2. The van der Waals surface area contributed by atoms with Crippen LogP contribution in [-0.4, -0.2) is 17.6 Å². The topological polar surface area (TPSA) is 91.2 Å². The first-order valence-corrected chi connectivity index (χ1v) is 4.93. The summed E-state index contributed by atoms with van der Waals surface area (Å²) in [5, 5.41) is 0. The molecule has 1 rings (SSSR count). The Morgan fingerprint density at radius 1 is 1.47 bits per heavy atom. The zero-order chi connectivity index (χ0) is 13.0. The lowest BCUT2D eigenvalue weighted by Gasteiger charge is -2.10. The van der Waals surface area contributed by atoms with Crippen molar-refractivity contribution in [1.29, 1.82) is 0 Å². The average Bonchev–Trinajstić information content (AvgIpc) is 2.25. The third-order valence-corrected chi connectivity index (χ3v) is 2.12. The maximum Gasteiger partial charge on any atom is 0.310 e. The fourth-order valence-electron chi connectivity index (χ4n) is 1.28. The SMILES string of the molecule is CCOC(=O)Cc1cnc(C(F)F)c(N)c1N. The van der Waals surface area contributed by atoms with E-state index >= 15 is 0 Å². The van der Waals surface area contributed by atoms with Crippen LogP contribution in [0.2, 0.25) is 0 Å². The number of carbonyl (C=O) groups is 1. The highest BCUT2D eigenvalue weighted by Gasteiger charge is 2.18. The maximum atomic E-state index is 12.4. The van der Waals surface area contributed by atoms with Crippen LogP contribution in [0.3, 0.4) is 0 Å². The predicted octanol–water partition coefficient (Wildman–Crippen LogP) is 1.29. The van der Waals surface area contributed by atoms with E-state index in [1.165, 1.54) is 0 Å². The first-order chi connectivity index (χ1) is 7.97. The molecule has 1 heterocycles. The van der Waals surface area contributed by atoms with Crippen molar-refractivity contribution in [3.05, 3.63) is 17.5 Å². The Hall–Kier alpha value is -1.92. The first kappa shape index (κ1) is 13.1. The Bertz CT molecular complexity index is 424. The van der Waals surface area contributed by atoms with E-state index < -0.39 is 18.1 Å². The summed E-state index contributed by atoms with van der Waals surface area (Å²) in [6, 6.07) is 0. The molecule has 0 saturated heterocycles. The summed E-state index contributed by atoms with van der Waals surface area (Å²) in [4.78, 5) is 14.7. The minimum atomic E-state index is -2.80. The molecular weight excluding hydrogens is 232 g/mol. The number of pyridine rings is 1. The van der Waals surface area contributed by atoms with Crippen LogP contribution in [0.5, 0.6) is 0 Å². The highest BCUT2D eigenvalue weighted by molar-refractivity contribution is 5.78. The van der Waals surface area contributed by atoms with Crippen molar-refractivity contribution in [1.82, 2.24) is 4.98 Å². The summed E-state index contributed by atoms with van der Waals surface area (Å²) < 4.78 is 29.6. The number of nitrogen functional groups attached to an aromatic ring is 2. The molecule has 0 atom stereocenters. The van der Waals surface area contributed by atoms with Gasteiger partial charge in [0.1, 0.15) is 5.69 Å². The number of nitrogens with zero attached hydrogens (tertiary/aromatic N) is 1. The number of esters is 1. The van der Waals surface area contributed by atoms with E-state index in [4.69, 9.17) is 16.2 Å². The number of hydrogen-bond donors (Lipinski definition) is 2. The average molecular weight is 245 g/mol. The van der Waals surface area contributed by atoms with Gasteiger partial charge in [-0.3, -0.25) is 9.78 Å². The van der Waals surface area contributed by atoms with Gasteiger partial charge in [0, 0.05) is 11.8 Å². The normalized spacial score (nSPS) is 10.6. The third-order valence-electron chi connectivity index (χ3n) is 2.12. The number of nitrogens with two attached hydrogens (primary N) is 2. The molecule has 4 N–H and O–H groups in total. The van der Waals surface area contributed by atoms with Crippen molar-refractivity contribution in [2.24, 2.45) is 0 Å². The molecule has 0 aliphatic heterocycles. The molecule has 0 radical (unpaired) electrons. The largest absolute Gasteiger partial charge is 0.466 e. The van der Waals surface area contributed by atoms with Crippen LogP contribution in [0.1, 0.15) is 24.6 Å². The summed E-state index contributed by atoms with van der Waals surface area (Å²) >= 11 is 0. The summed E-state index contributed by atoms with van der Waals surface area (Å²) in [7, 11) is 0. The van der Waals surface area contributed by atoms with E-state index in [2.05, 4.69) is 4.98 Å². The Labute approximate surface area is 96.8 Å². The van der Waals surface area contributed by atoms with Crippen LogP contribution >= 0.6 is 0 Å². The van der Waals surface area contributed by atoms with Gasteiger partial charge in [-0.25, -0.2) is 8.78 Å². The van der Waals surface area contributed by atoms with Crippen molar-refractivity contribution >= 4 is 17.3 Å². The van der Waals surface area contributed by atoms with E-state index in [0.29, 0.717) is 0 Å². The van der Waals surface area contributed by atoms with Crippen LogP contribution < -0.4 is 11.5 Å². The first-order valence-electron chi connectivity index (χ1n) is 4.93. The standard InChI is InChI=1S/C10H13F2N3O2/c1-2-17-6(16)3-5-4-15-9(10(11)12)8(14)7(5)13/h4,10H,2-3,14H2,1H3,(H2,13,15). The Balaban J connectivity index is 2.96. The molecule has 0 fully saturated rings. The minimum Gasteiger partial charge on any atom is -0.466 e. The zero-order valence-electron chi connectivity index (χ0n) is 9.24. The van der Waals surface area contributed by atoms with Gasteiger partial charge in [0.2, 0.25) is 0 Å². The summed E-state index contributed by atoms with van der Waals surface area (Å²) in [5.41, 5.74) is 10.3.